The summed E-state index contributed by atoms with van der Waals surface area (Å²) in [6.45, 7) is 4.14. The SMILES string of the molecule is COC(=O)C(COC(=O)NC(C(=O)O)S(=O)(=O)O)(c1ccccc1)c1ccc(-c2ccccc2)cc1NC(=O)OC(C)(C)C. The molecule has 0 radical (unpaired) electrons. The van der Waals surface area contributed by atoms with Gasteiger partial charge in [0.15, 0.2) is 5.41 Å². The van der Waals surface area contributed by atoms with Crippen molar-refractivity contribution in [1.82, 2.24) is 5.32 Å². The van der Waals surface area contributed by atoms with E-state index in [-0.39, 0.29) is 16.8 Å². The molecule has 0 aliphatic rings. The lowest BCUT2D eigenvalue weighted by molar-refractivity contribution is -0.147. The first kappa shape index (κ1) is 33.6. The van der Waals surface area contributed by atoms with Crippen LogP contribution in [0.4, 0.5) is 15.3 Å². The molecule has 13 nitrogen and oxygen atoms in total. The molecule has 0 saturated carbocycles. The highest BCUT2D eigenvalue weighted by molar-refractivity contribution is 7.87. The summed E-state index contributed by atoms with van der Waals surface area (Å²) in [6, 6.07) is 21.9. The van der Waals surface area contributed by atoms with Crippen LogP contribution in [-0.2, 0) is 39.3 Å². The maximum absolute atomic E-state index is 13.8. The molecule has 0 fully saturated rings. The van der Waals surface area contributed by atoms with Crippen LogP contribution < -0.4 is 10.6 Å². The van der Waals surface area contributed by atoms with E-state index in [1.54, 1.807) is 68.6 Å². The van der Waals surface area contributed by atoms with Crippen molar-refractivity contribution in [1.29, 1.82) is 0 Å². The standard InChI is InChI=1S/C30H32N2O11S/c1-29(2,3)43-28(37)31-23-17-20(19-11-7-5-8-12-19)15-16-22(23)30(26(35)41-4,21-13-9-6-10-14-21)18-42-27(36)32-24(25(33)34)44(38,39)40/h5-17,24H,18H2,1-4H3,(H,31,37)(H,32,36)(H,33,34)(H,38,39,40). The zero-order valence-electron chi connectivity index (χ0n) is 24.3. The van der Waals surface area contributed by atoms with Crippen LogP contribution in [0.25, 0.3) is 11.1 Å². The van der Waals surface area contributed by atoms with Crippen molar-refractivity contribution in [2.75, 3.05) is 19.0 Å². The minimum absolute atomic E-state index is 0.0835. The zero-order chi connectivity index (χ0) is 32.7. The molecule has 14 heteroatoms. The number of rotatable bonds is 10. The van der Waals surface area contributed by atoms with E-state index in [0.29, 0.717) is 5.56 Å². The number of hydrogen-bond acceptors (Lipinski definition) is 9. The molecule has 44 heavy (non-hydrogen) atoms. The Morgan fingerprint density at radius 2 is 1.45 bits per heavy atom. The van der Waals surface area contributed by atoms with Gasteiger partial charge in [0, 0.05) is 11.3 Å². The van der Waals surface area contributed by atoms with E-state index in [4.69, 9.17) is 19.3 Å². The molecule has 3 aromatic rings. The fourth-order valence-electron chi connectivity index (χ4n) is 4.33. The molecule has 2 amide bonds. The van der Waals surface area contributed by atoms with Gasteiger partial charge in [-0.05, 0) is 43.5 Å². The first-order valence-corrected chi connectivity index (χ1v) is 14.5. The molecule has 234 valence electrons. The Kier molecular flexibility index (Phi) is 10.3. The molecule has 4 N–H and O–H groups in total. The quantitative estimate of drug-likeness (QED) is 0.143. The average molecular weight is 629 g/mol. The highest BCUT2D eigenvalue weighted by atomic mass is 32.2. The van der Waals surface area contributed by atoms with Gasteiger partial charge in [0.05, 0.1) is 7.11 Å². The lowest BCUT2D eigenvalue weighted by Gasteiger charge is -2.33. The third-order valence-corrected chi connectivity index (χ3v) is 7.13. The third-order valence-electron chi connectivity index (χ3n) is 6.21. The first-order valence-electron chi connectivity index (χ1n) is 13.0. The summed E-state index contributed by atoms with van der Waals surface area (Å²) in [5.74, 6) is -3.02. The van der Waals surface area contributed by atoms with Gasteiger partial charge in [-0.3, -0.25) is 20.0 Å². The number of carbonyl (C=O) groups excluding carboxylic acids is 3. The van der Waals surface area contributed by atoms with Crippen molar-refractivity contribution in [2.24, 2.45) is 0 Å². The van der Waals surface area contributed by atoms with E-state index in [0.717, 1.165) is 12.7 Å². The summed E-state index contributed by atoms with van der Waals surface area (Å²) in [7, 11) is -4.17. The Morgan fingerprint density at radius 1 is 0.864 bits per heavy atom. The normalized spacial score (nSPS) is 13.5. The van der Waals surface area contributed by atoms with Gasteiger partial charge in [0.1, 0.15) is 12.2 Å². The van der Waals surface area contributed by atoms with Gasteiger partial charge in [-0.15, -0.1) is 0 Å². The number of carboxylic acid groups (broad SMARTS) is 1. The number of methoxy groups -OCH3 is 1. The second-order valence-corrected chi connectivity index (χ2v) is 12.0. The molecule has 0 aliphatic carbocycles. The van der Waals surface area contributed by atoms with Gasteiger partial charge in [0.2, 0.25) is 0 Å². The van der Waals surface area contributed by atoms with Gasteiger partial charge in [0.25, 0.3) is 15.5 Å². The van der Waals surface area contributed by atoms with Gasteiger partial charge < -0.3 is 19.3 Å². The van der Waals surface area contributed by atoms with Crippen molar-refractivity contribution in [3.05, 3.63) is 90.0 Å². The number of nitrogens with one attached hydrogen (secondary N) is 2. The number of benzene rings is 3. The Bertz CT molecular complexity index is 1620. The number of carboxylic acids is 1. The van der Waals surface area contributed by atoms with Crippen LogP contribution in [0.5, 0.6) is 0 Å². The minimum atomic E-state index is -5.27. The average Bonchev–Trinajstić information content (AvgIpc) is 2.95. The van der Waals surface area contributed by atoms with Gasteiger partial charge in [-0.25, -0.2) is 14.4 Å². The number of carbonyl (C=O) groups is 4. The molecule has 0 saturated heterocycles. The Morgan fingerprint density at radius 3 is 1.98 bits per heavy atom. The van der Waals surface area contributed by atoms with Crippen molar-refractivity contribution >= 4 is 39.9 Å². The van der Waals surface area contributed by atoms with Gasteiger partial charge >= 0.3 is 24.1 Å². The largest absolute Gasteiger partial charge is 0.479 e. The first-order chi connectivity index (χ1) is 20.6. The number of alkyl carbamates (subject to hydrolysis) is 1. The number of anilines is 1. The monoisotopic (exact) mass is 628 g/mol. The highest BCUT2D eigenvalue weighted by Crippen LogP contribution is 2.40. The molecule has 3 aromatic carbocycles. The topological polar surface area (TPSA) is 195 Å². The summed E-state index contributed by atoms with van der Waals surface area (Å²) in [5, 5.41) is 10.6. The molecule has 3 rings (SSSR count). The molecular formula is C30H32N2O11S. The second kappa shape index (κ2) is 13.6. The molecule has 2 atom stereocenters. The zero-order valence-corrected chi connectivity index (χ0v) is 25.1. The summed E-state index contributed by atoms with van der Waals surface area (Å²) in [4.78, 5) is 50.8. The molecule has 0 aliphatic heterocycles. The maximum atomic E-state index is 13.8. The Hall–Kier alpha value is -4.95. The lowest BCUT2D eigenvalue weighted by Crippen LogP contribution is -2.49. The van der Waals surface area contributed by atoms with E-state index in [9.17, 15) is 32.1 Å². The number of hydrogen-bond donors (Lipinski definition) is 4. The summed E-state index contributed by atoms with van der Waals surface area (Å²) < 4.78 is 48.0. The van der Waals surface area contributed by atoms with Crippen molar-refractivity contribution in [3.63, 3.8) is 0 Å². The molecule has 0 spiro atoms. The van der Waals surface area contributed by atoms with E-state index in [1.807, 2.05) is 30.3 Å². The molecular weight excluding hydrogens is 596 g/mol. The van der Waals surface area contributed by atoms with E-state index in [1.165, 1.54) is 6.07 Å². The van der Waals surface area contributed by atoms with Crippen LogP contribution in [0.3, 0.4) is 0 Å². The predicted molar refractivity (Wildman–Crippen MR) is 158 cm³/mol. The summed E-state index contributed by atoms with van der Waals surface area (Å²) >= 11 is 0. The molecule has 0 aromatic heterocycles. The van der Waals surface area contributed by atoms with Crippen LogP contribution in [0.15, 0.2) is 78.9 Å². The Labute approximate surface area is 253 Å². The van der Waals surface area contributed by atoms with Crippen LogP contribution in [0, 0.1) is 0 Å². The molecule has 2 unspecified atom stereocenters. The second-order valence-electron chi connectivity index (χ2n) is 10.5. The van der Waals surface area contributed by atoms with E-state index in [2.05, 4.69) is 5.32 Å². The van der Waals surface area contributed by atoms with Crippen LogP contribution in [-0.4, -0.2) is 66.9 Å². The number of amides is 2. The van der Waals surface area contributed by atoms with Crippen molar-refractivity contribution in [2.45, 2.75) is 37.2 Å². The number of esters is 1. The summed E-state index contributed by atoms with van der Waals surface area (Å²) in [6.07, 6.45) is -2.44. The lowest BCUT2D eigenvalue weighted by atomic mass is 9.73. The van der Waals surface area contributed by atoms with Crippen molar-refractivity contribution in [3.8, 4) is 11.1 Å². The van der Waals surface area contributed by atoms with Crippen LogP contribution in [0.2, 0.25) is 0 Å². The van der Waals surface area contributed by atoms with E-state index < -0.39 is 57.2 Å². The van der Waals surface area contributed by atoms with Crippen LogP contribution >= 0.6 is 0 Å². The minimum Gasteiger partial charge on any atom is -0.479 e. The molecule has 0 bridgehead atoms. The summed E-state index contributed by atoms with van der Waals surface area (Å²) in [5.41, 5.74) is -1.04. The van der Waals surface area contributed by atoms with Crippen LogP contribution in [0.1, 0.15) is 31.9 Å². The van der Waals surface area contributed by atoms with Gasteiger partial charge in [-0.2, -0.15) is 8.42 Å². The Balaban J connectivity index is 2.22. The molecule has 0 heterocycles. The maximum Gasteiger partial charge on any atom is 0.412 e. The predicted octanol–water partition coefficient (Wildman–Crippen LogP) is 4.18. The van der Waals surface area contributed by atoms with E-state index >= 15 is 0 Å². The fraction of sp³-hybridized carbons (Fsp3) is 0.267. The smallest absolute Gasteiger partial charge is 0.412 e. The number of aliphatic carboxylic acids is 1. The number of ether oxygens (including phenoxy) is 3. The van der Waals surface area contributed by atoms with Gasteiger partial charge in [-0.1, -0.05) is 72.8 Å². The fourth-order valence-corrected chi connectivity index (χ4v) is 4.83. The van der Waals surface area contributed by atoms with Crippen molar-refractivity contribution < 1.29 is 51.5 Å². The third kappa shape index (κ3) is 8.11. The highest BCUT2D eigenvalue weighted by Gasteiger charge is 2.47.